The summed E-state index contributed by atoms with van der Waals surface area (Å²) in [6.07, 6.45) is 1.68. The summed E-state index contributed by atoms with van der Waals surface area (Å²) in [4.78, 5) is 17.4. The van der Waals surface area contributed by atoms with E-state index in [1.165, 1.54) is 10.9 Å². The van der Waals surface area contributed by atoms with Gasteiger partial charge in [-0.25, -0.2) is 4.79 Å². The van der Waals surface area contributed by atoms with Crippen molar-refractivity contribution in [3.8, 4) is 0 Å². The van der Waals surface area contributed by atoms with Crippen LogP contribution in [0, 0.1) is 0 Å². The van der Waals surface area contributed by atoms with Crippen molar-refractivity contribution in [3.05, 3.63) is 35.5 Å². The van der Waals surface area contributed by atoms with Gasteiger partial charge in [-0.15, -0.1) is 0 Å². The van der Waals surface area contributed by atoms with Crippen LogP contribution in [-0.4, -0.2) is 41.3 Å². The van der Waals surface area contributed by atoms with Gasteiger partial charge in [0.15, 0.2) is 0 Å². The number of H-pyrrole nitrogens is 1. The van der Waals surface area contributed by atoms with Gasteiger partial charge in [-0.1, -0.05) is 19.9 Å². The Labute approximate surface area is 149 Å². The van der Waals surface area contributed by atoms with Gasteiger partial charge >= 0.3 is 6.09 Å². The first-order chi connectivity index (χ1) is 11.7. The zero-order chi connectivity index (χ0) is 18.2. The van der Waals surface area contributed by atoms with Crippen LogP contribution in [0.5, 0.6) is 0 Å². The Morgan fingerprint density at radius 2 is 2.12 bits per heavy atom. The van der Waals surface area contributed by atoms with Gasteiger partial charge < -0.3 is 19.4 Å². The number of fused-ring (bicyclic) bond motifs is 1. The van der Waals surface area contributed by atoms with Crippen LogP contribution >= 0.6 is 0 Å². The third-order valence-corrected chi connectivity index (χ3v) is 4.45. The van der Waals surface area contributed by atoms with Crippen LogP contribution in [-0.2, 0) is 9.47 Å². The van der Waals surface area contributed by atoms with Gasteiger partial charge in [0.05, 0.1) is 13.2 Å². The van der Waals surface area contributed by atoms with E-state index in [2.05, 4.69) is 43.2 Å². The highest BCUT2D eigenvalue weighted by Crippen LogP contribution is 2.30. The number of amides is 1. The molecule has 0 spiro atoms. The third-order valence-electron chi connectivity index (χ3n) is 4.45. The third kappa shape index (κ3) is 3.98. The maximum absolute atomic E-state index is 12.3. The predicted molar refractivity (Wildman–Crippen MR) is 98.9 cm³/mol. The van der Waals surface area contributed by atoms with E-state index in [0.717, 1.165) is 11.1 Å². The lowest BCUT2D eigenvalue weighted by Crippen LogP contribution is -2.44. The first-order valence-electron chi connectivity index (χ1n) is 8.95. The van der Waals surface area contributed by atoms with Crippen LogP contribution in [0.3, 0.4) is 0 Å². The van der Waals surface area contributed by atoms with Gasteiger partial charge in [0, 0.05) is 23.6 Å². The van der Waals surface area contributed by atoms with Crippen LogP contribution in [0.25, 0.3) is 10.9 Å². The molecule has 25 heavy (non-hydrogen) atoms. The summed E-state index contributed by atoms with van der Waals surface area (Å²) in [7, 11) is 0. The van der Waals surface area contributed by atoms with Gasteiger partial charge in [-0.05, 0) is 49.9 Å². The van der Waals surface area contributed by atoms with Crippen molar-refractivity contribution >= 4 is 17.0 Å². The molecular weight excluding hydrogens is 316 g/mol. The maximum Gasteiger partial charge on any atom is 0.410 e. The topological polar surface area (TPSA) is 54.6 Å². The van der Waals surface area contributed by atoms with Crippen LogP contribution in [0.2, 0.25) is 0 Å². The molecule has 0 radical (unpaired) electrons. The summed E-state index contributed by atoms with van der Waals surface area (Å²) < 4.78 is 11.4. The SMILES string of the molecule is CC(C)c1c[nH]c2ccc(C3CN(C(=O)OC(C)(C)C)CCO3)cc12. The van der Waals surface area contributed by atoms with Crippen molar-refractivity contribution in [1.29, 1.82) is 0 Å². The Kier molecular flexibility index (Phi) is 4.78. The fourth-order valence-corrected chi connectivity index (χ4v) is 3.18. The van der Waals surface area contributed by atoms with E-state index in [1.807, 2.05) is 20.8 Å². The Bertz CT molecular complexity index is 758. The summed E-state index contributed by atoms with van der Waals surface area (Å²) >= 11 is 0. The zero-order valence-corrected chi connectivity index (χ0v) is 15.8. The average molecular weight is 344 g/mol. The maximum atomic E-state index is 12.3. The van der Waals surface area contributed by atoms with E-state index in [4.69, 9.17) is 9.47 Å². The number of aromatic nitrogens is 1. The lowest BCUT2D eigenvalue weighted by Gasteiger charge is -2.34. The molecule has 3 rings (SSSR count). The van der Waals surface area contributed by atoms with Crippen molar-refractivity contribution in [2.45, 2.75) is 52.2 Å². The number of aromatic amines is 1. The standard InChI is InChI=1S/C20H28N2O3/c1-13(2)16-11-21-17-7-6-14(10-15(16)17)18-12-22(8-9-24-18)19(23)25-20(3,4)5/h6-7,10-11,13,18,21H,8-9,12H2,1-5H3. The minimum Gasteiger partial charge on any atom is -0.444 e. The number of carbonyl (C=O) groups excluding carboxylic acids is 1. The highest BCUT2D eigenvalue weighted by molar-refractivity contribution is 5.84. The highest BCUT2D eigenvalue weighted by atomic mass is 16.6. The Morgan fingerprint density at radius 1 is 1.36 bits per heavy atom. The average Bonchev–Trinajstić information content (AvgIpc) is 2.96. The van der Waals surface area contributed by atoms with E-state index in [-0.39, 0.29) is 12.2 Å². The fraction of sp³-hybridized carbons (Fsp3) is 0.550. The van der Waals surface area contributed by atoms with Crippen LogP contribution in [0.1, 0.15) is 57.8 Å². The molecule has 0 saturated carbocycles. The van der Waals surface area contributed by atoms with Crippen LogP contribution in [0.4, 0.5) is 4.79 Å². The smallest absolute Gasteiger partial charge is 0.410 e. The van der Waals surface area contributed by atoms with E-state index in [9.17, 15) is 4.79 Å². The predicted octanol–water partition coefficient (Wildman–Crippen LogP) is 4.60. The molecule has 5 nitrogen and oxygen atoms in total. The molecule has 1 N–H and O–H groups in total. The molecule has 0 aliphatic carbocycles. The number of morpholine rings is 1. The van der Waals surface area contributed by atoms with Gasteiger partial charge in [0.2, 0.25) is 0 Å². The molecule has 136 valence electrons. The van der Waals surface area contributed by atoms with E-state index >= 15 is 0 Å². The molecule has 1 aliphatic rings. The number of hydrogen-bond donors (Lipinski definition) is 1. The van der Waals surface area contributed by atoms with Crippen molar-refractivity contribution in [2.75, 3.05) is 19.7 Å². The lowest BCUT2D eigenvalue weighted by molar-refractivity contribution is -0.0432. The molecule has 2 aromatic rings. The summed E-state index contributed by atoms with van der Waals surface area (Å²) in [6, 6.07) is 6.35. The molecule has 1 aromatic carbocycles. The van der Waals surface area contributed by atoms with Gasteiger partial charge in [-0.3, -0.25) is 0 Å². The second kappa shape index (κ2) is 6.71. The molecular formula is C20H28N2O3. The molecule has 1 unspecified atom stereocenters. The van der Waals surface area contributed by atoms with E-state index in [0.29, 0.717) is 25.6 Å². The minimum absolute atomic E-state index is 0.124. The number of benzene rings is 1. The summed E-state index contributed by atoms with van der Waals surface area (Å²) in [5.41, 5.74) is 3.05. The number of ether oxygens (including phenoxy) is 2. The summed E-state index contributed by atoms with van der Waals surface area (Å²) in [6.45, 7) is 11.6. The highest BCUT2D eigenvalue weighted by Gasteiger charge is 2.29. The second-order valence-electron chi connectivity index (χ2n) is 7.99. The first kappa shape index (κ1) is 17.8. The number of carbonyl (C=O) groups is 1. The number of nitrogens with zero attached hydrogens (tertiary/aromatic N) is 1. The first-order valence-corrected chi connectivity index (χ1v) is 8.95. The Balaban J connectivity index is 1.80. The lowest BCUT2D eigenvalue weighted by atomic mass is 9.99. The monoisotopic (exact) mass is 344 g/mol. The van der Waals surface area contributed by atoms with Crippen LogP contribution in [0.15, 0.2) is 24.4 Å². The number of rotatable bonds is 2. The molecule has 1 saturated heterocycles. The van der Waals surface area contributed by atoms with E-state index < -0.39 is 5.60 Å². The molecule has 1 aromatic heterocycles. The summed E-state index contributed by atoms with van der Waals surface area (Å²) in [5, 5.41) is 1.23. The normalized spacial score (nSPS) is 18.8. The summed E-state index contributed by atoms with van der Waals surface area (Å²) in [5.74, 6) is 0.453. The van der Waals surface area contributed by atoms with Crippen molar-refractivity contribution in [1.82, 2.24) is 9.88 Å². The second-order valence-corrected chi connectivity index (χ2v) is 7.99. The largest absolute Gasteiger partial charge is 0.444 e. The molecule has 2 heterocycles. The van der Waals surface area contributed by atoms with Crippen LogP contribution < -0.4 is 0 Å². The zero-order valence-electron chi connectivity index (χ0n) is 15.8. The Morgan fingerprint density at radius 3 is 2.80 bits per heavy atom. The number of hydrogen-bond acceptors (Lipinski definition) is 3. The van der Waals surface area contributed by atoms with Gasteiger partial charge in [0.1, 0.15) is 11.7 Å². The quantitative estimate of drug-likeness (QED) is 0.866. The molecule has 1 fully saturated rings. The minimum atomic E-state index is -0.485. The fourth-order valence-electron chi connectivity index (χ4n) is 3.18. The van der Waals surface area contributed by atoms with E-state index in [1.54, 1.807) is 4.90 Å². The Hall–Kier alpha value is -2.01. The van der Waals surface area contributed by atoms with Crippen molar-refractivity contribution in [3.63, 3.8) is 0 Å². The molecule has 1 atom stereocenters. The molecule has 0 bridgehead atoms. The van der Waals surface area contributed by atoms with Gasteiger partial charge in [0.25, 0.3) is 0 Å². The van der Waals surface area contributed by atoms with Crippen molar-refractivity contribution < 1.29 is 14.3 Å². The molecule has 5 heteroatoms. The number of nitrogens with one attached hydrogen (secondary N) is 1. The van der Waals surface area contributed by atoms with Crippen molar-refractivity contribution in [2.24, 2.45) is 0 Å². The molecule has 1 aliphatic heterocycles. The molecule has 1 amide bonds. The van der Waals surface area contributed by atoms with Gasteiger partial charge in [-0.2, -0.15) is 0 Å².